The smallest absolute Gasteiger partial charge is 0.410 e. The number of rotatable bonds is 6. The number of amides is 1. The molecule has 2 heterocycles. The Balaban J connectivity index is 1.48. The fraction of sp³-hybridized carbons (Fsp3) is 0.682. The van der Waals surface area contributed by atoms with Gasteiger partial charge in [0.05, 0.1) is 11.9 Å². The molecule has 2 aliphatic rings. The lowest BCUT2D eigenvalue weighted by atomic mass is 10.2. The first-order valence-corrected chi connectivity index (χ1v) is 13.0. The lowest BCUT2D eigenvalue weighted by Crippen LogP contribution is -2.50. The Morgan fingerprint density at radius 1 is 0.969 bits per heavy atom. The molecule has 0 unspecified atom stereocenters. The molecule has 2 fully saturated rings. The summed E-state index contributed by atoms with van der Waals surface area (Å²) in [5.41, 5.74) is 0.532. The van der Waals surface area contributed by atoms with Crippen molar-refractivity contribution >= 4 is 21.8 Å². The summed E-state index contributed by atoms with van der Waals surface area (Å²) in [6.45, 7) is 12.0. The Morgan fingerprint density at radius 2 is 1.59 bits per heavy atom. The van der Waals surface area contributed by atoms with Crippen molar-refractivity contribution in [2.75, 3.05) is 76.7 Å². The van der Waals surface area contributed by atoms with E-state index in [4.69, 9.17) is 9.47 Å². The molecular formula is C22H36N4O5S. The van der Waals surface area contributed by atoms with Gasteiger partial charge in [-0.05, 0) is 32.9 Å². The maximum Gasteiger partial charge on any atom is 0.410 e. The largest absolute Gasteiger partial charge is 0.490 e. The van der Waals surface area contributed by atoms with Crippen LogP contribution in [0.2, 0.25) is 0 Å². The van der Waals surface area contributed by atoms with Crippen molar-refractivity contribution in [3.63, 3.8) is 0 Å². The summed E-state index contributed by atoms with van der Waals surface area (Å²) in [4.78, 5) is 18.5. The first-order chi connectivity index (χ1) is 15.0. The van der Waals surface area contributed by atoms with Gasteiger partial charge in [0.2, 0.25) is 10.0 Å². The van der Waals surface area contributed by atoms with E-state index in [0.29, 0.717) is 59.0 Å². The number of carbonyl (C=O) groups is 1. The van der Waals surface area contributed by atoms with E-state index in [2.05, 4.69) is 9.80 Å². The summed E-state index contributed by atoms with van der Waals surface area (Å²) in [5.74, 6) is 0.827. The van der Waals surface area contributed by atoms with Crippen LogP contribution < -0.4 is 9.64 Å². The molecule has 0 bridgehead atoms. The van der Waals surface area contributed by atoms with E-state index in [9.17, 15) is 13.2 Å². The molecule has 1 aromatic rings. The predicted molar refractivity (Wildman–Crippen MR) is 125 cm³/mol. The minimum atomic E-state index is -3.11. The highest BCUT2D eigenvalue weighted by Gasteiger charge is 2.27. The van der Waals surface area contributed by atoms with Crippen LogP contribution in [0.1, 0.15) is 20.8 Å². The molecule has 0 N–H and O–H groups in total. The number of benzene rings is 1. The van der Waals surface area contributed by atoms with Crippen LogP contribution in [0, 0.1) is 0 Å². The summed E-state index contributed by atoms with van der Waals surface area (Å²) in [6, 6.07) is 7.97. The summed E-state index contributed by atoms with van der Waals surface area (Å²) in [7, 11) is -3.11. The number of piperazine rings is 2. The summed E-state index contributed by atoms with van der Waals surface area (Å²) in [6.07, 6.45) is 0.994. The molecule has 3 rings (SSSR count). The monoisotopic (exact) mass is 468 g/mol. The van der Waals surface area contributed by atoms with Crippen LogP contribution in [0.3, 0.4) is 0 Å². The van der Waals surface area contributed by atoms with E-state index in [0.717, 1.165) is 18.0 Å². The highest BCUT2D eigenvalue weighted by atomic mass is 32.2. The third kappa shape index (κ3) is 6.98. The molecule has 1 amide bonds. The van der Waals surface area contributed by atoms with E-state index in [1.54, 1.807) is 4.90 Å². The van der Waals surface area contributed by atoms with Gasteiger partial charge >= 0.3 is 6.09 Å². The first-order valence-electron chi connectivity index (χ1n) is 11.1. The van der Waals surface area contributed by atoms with Crippen molar-refractivity contribution < 1.29 is 22.7 Å². The van der Waals surface area contributed by atoms with Gasteiger partial charge in [0.25, 0.3) is 0 Å². The van der Waals surface area contributed by atoms with Gasteiger partial charge in [0.15, 0.2) is 0 Å². The number of nitrogens with zero attached hydrogens (tertiary/aromatic N) is 4. The zero-order valence-corrected chi connectivity index (χ0v) is 20.4. The number of hydrogen-bond acceptors (Lipinski definition) is 7. The molecule has 0 atom stereocenters. The number of anilines is 1. The summed E-state index contributed by atoms with van der Waals surface area (Å²) < 4.78 is 36.4. The molecule has 0 aliphatic carbocycles. The third-order valence-corrected chi connectivity index (χ3v) is 6.91. The van der Waals surface area contributed by atoms with Gasteiger partial charge in [0, 0.05) is 58.9 Å². The molecular weight excluding hydrogens is 432 g/mol. The van der Waals surface area contributed by atoms with E-state index in [1.165, 1.54) is 10.6 Å². The van der Waals surface area contributed by atoms with Crippen LogP contribution in [0.15, 0.2) is 24.3 Å². The molecule has 32 heavy (non-hydrogen) atoms. The van der Waals surface area contributed by atoms with E-state index >= 15 is 0 Å². The fourth-order valence-electron chi connectivity index (χ4n) is 3.87. The predicted octanol–water partition coefficient (Wildman–Crippen LogP) is 1.70. The fourth-order valence-corrected chi connectivity index (χ4v) is 4.69. The Bertz CT molecular complexity index is 871. The van der Waals surface area contributed by atoms with Crippen molar-refractivity contribution in [3.05, 3.63) is 24.3 Å². The topological polar surface area (TPSA) is 82.6 Å². The van der Waals surface area contributed by atoms with Crippen molar-refractivity contribution in [2.45, 2.75) is 26.4 Å². The van der Waals surface area contributed by atoms with Crippen molar-refractivity contribution in [1.82, 2.24) is 14.1 Å². The Morgan fingerprint density at radius 3 is 2.19 bits per heavy atom. The average Bonchev–Trinajstić information content (AvgIpc) is 2.73. The van der Waals surface area contributed by atoms with Gasteiger partial charge in [-0.2, -0.15) is 4.31 Å². The number of ether oxygens (including phenoxy) is 2. The van der Waals surface area contributed by atoms with Crippen LogP contribution in [-0.2, 0) is 14.8 Å². The summed E-state index contributed by atoms with van der Waals surface area (Å²) in [5, 5.41) is 0. The summed E-state index contributed by atoms with van der Waals surface area (Å²) >= 11 is 0. The van der Waals surface area contributed by atoms with Crippen LogP contribution in [0.4, 0.5) is 10.5 Å². The second-order valence-electron chi connectivity index (χ2n) is 9.27. The molecule has 180 valence electrons. The molecule has 10 heteroatoms. The molecule has 0 spiro atoms. The average molecular weight is 469 g/mol. The maximum absolute atomic E-state index is 12.3. The lowest BCUT2D eigenvalue weighted by Gasteiger charge is -2.37. The SMILES string of the molecule is CC(C)(C)OC(=O)N1CCN(c2ccccc2OCCN2CCN(S(C)(=O)=O)CC2)CC1. The zero-order valence-electron chi connectivity index (χ0n) is 19.6. The van der Waals surface area contributed by atoms with Crippen molar-refractivity contribution in [2.24, 2.45) is 0 Å². The molecule has 2 aliphatic heterocycles. The van der Waals surface area contributed by atoms with Gasteiger partial charge in [-0.15, -0.1) is 0 Å². The van der Waals surface area contributed by atoms with Crippen LogP contribution >= 0.6 is 0 Å². The molecule has 2 saturated heterocycles. The molecule has 0 radical (unpaired) electrons. The van der Waals surface area contributed by atoms with Gasteiger partial charge in [-0.25, -0.2) is 13.2 Å². The highest BCUT2D eigenvalue weighted by molar-refractivity contribution is 7.88. The Hall–Kier alpha value is -2.04. The lowest BCUT2D eigenvalue weighted by molar-refractivity contribution is 0.0240. The first kappa shape index (κ1) is 24.6. The number of para-hydroxylation sites is 2. The third-order valence-electron chi connectivity index (χ3n) is 5.60. The van der Waals surface area contributed by atoms with Crippen LogP contribution in [0.5, 0.6) is 5.75 Å². The standard InChI is InChI=1S/C22H36N4O5S/c1-22(2,3)31-21(27)25-13-11-24(12-14-25)19-7-5-6-8-20(19)30-18-17-23-9-15-26(16-10-23)32(4,28)29/h5-8H,9-18H2,1-4H3. The zero-order chi connectivity index (χ0) is 23.4. The van der Waals surface area contributed by atoms with Crippen LogP contribution in [0.25, 0.3) is 0 Å². The minimum Gasteiger partial charge on any atom is -0.490 e. The van der Waals surface area contributed by atoms with Gasteiger partial charge in [-0.1, -0.05) is 12.1 Å². The number of sulfonamides is 1. The van der Waals surface area contributed by atoms with E-state index in [-0.39, 0.29) is 6.09 Å². The Kier molecular flexibility index (Phi) is 7.89. The van der Waals surface area contributed by atoms with E-state index < -0.39 is 15.6 Å². The van der Waals surface area contributed by atoms with Gasteiger partial charge < -0.3 is 19.3 Å². The maximum atomic E-state index is 12.3. The van der Waals surface area contributed by atoms with Crippen molar-refractivity contribution in [1.29, 1.82) is 0 Å². The Labute approximate surface area is 191 Å². The van der Waals surface area contributed by atoms with Crippen LogP contribution in [-0.4, -0.2) is 106 Å². The second kappa shape index (κ2) is 10.3. The van der Waals surface area contributed by atoms with Gasteiger partial charge in [-0.3, -0.25) is 4.90 Å². The van der Waals surface area contributed by atoms with Gasteiger partial charge in [0.1, 0.15) is 18.0 Å². The molecule has 0 saturated carbocycles. The molecule has 1 aromatic carbocycles. The quantitative estimate of drug-likeness (QED) is 0.628. The normalized spacial score (nSPS) is 19.1. The number of carbonyl (C=O) groups excluding carboxylic acids is 1. The second-order valence-corrected chi connectivity index (χ2v) is 11.3. The number of hydrogen-bond donors (Lipinski definition) is 0. The molecule has 0 aromatic heterocycles. The highest BCUT2D eigenvalue weighted by Crippen LogP contribution is 2.29. The molecule has 9 nitrogen and oxygen atoms in total. The van der Waals surface area contributed by atoms with Crippen molar-refractivity contribution in [3.8, 4) is 5.75 Å². The minimum absolute atomic E-state index is 0.266. The van der Waals surface area contributed by atoms with E-state index in [1.807, 2.05) is 45.0 Å².